The molecule has 92 valence electrons. The van der Waals surface area contributed by atoms with Gasteiger partial charge in [0.1, 0.15) is 5.75 Å². The third-order valence-electron chi connectivity index (χ3n) is 2.60. The van der Waals surface area contributed by atoms with Gasteiger partial charge < -0.3 is 4.74 Å². The standard InChI is InChI=1S/C15H13ClO2/c1-11-9-13(7-8-14(11)16)18-10-15(17)12-5-3-2-4-6-12/h2-9H,10H2,1H3. The summed E-state index contributed by atoms with van der Waals surface area (Å²) in [7, 11) is 0. The van der Waals surface area contributed by atoms with E-state index in [0.29, 0.717) is 16.3 Å². The summed E-state index contributed by atoms with van der Waals surface area (Å²) < 4.78 is 5.45. The van der Waals surface area contributed by atoms with Crippen molar-refractivity contribution in [1.82, 2.24) is 0 Å². The molecular weight excluding hydrogens is 248 g/mol. The van der Waals surface area contributed by atoms with Gasteiger partial charge in [0.25, 0.3) is 0 Å². The second kappa shape index (κ2) is 5.69. The van der Waals surface area contributed by atoms with Gasteiger partial charge in [-0.05, 0) is 30.7 Å². The molecule has 0 heterocycles. The summed E-state index contributed by atoms with van der Waals surface area (Å²) in [5.41, 5.74) is 1.59. The highest BCUT2D eigenvalue weighted by molar-refractivity contribution is 6.31. The molecule has 0 fully saturated rings. The number of benzene rings is 2. The number of Topliss-reactive ketones (excluding diaryl/α,β-unsaturated/α-hetero) is 1. The summed E-state index contributed by atoms with van der Waals surface area (Å²) in [6, 6.07) is 14.4. The van der Waals surface area contributed by atoms with E-state index >= 15 is 0 Å². The maximum absolute atomic E-state index is 11.8. The fourth-order valence-electron chi connectivity index (χ4n) is 1.56. The van der Waals surface area contributed by atoms with Crippen LogP contribution in [0.1, 0.15) is 15.9 Å². The third-order valence-corrected chi connectivity index (χ3v) is 3.02. The highest BCUT2D eigenvalue weighted by Crippen LogP contribution is 2.21. The molecule has 2 nitrogen and oxygen atoms in total. The van der Waals surface area contributed by atoms with E-state index in [0.717, 1.165) is 5.56 Å². The Kier molecular flexibility index (Phi) is 4.00. The molecule has 18 heavy (non-hydrogen) atoms. The van der Waals surface area contributed by atoms with Gasteiger partial charge in [0.2, 0.25) is 0 Å². The second-order valence-electron chi connectivity index (χ2n) is 3.99. The molecule has 0 saturated heterocycles. The molecule has 0 N–H and O–H groups in total. The van der Waals surface area contributed by atoms with E-state index in [-0.39, 0.29) is 12.4 Å². The first-order valence-corrected chi connectivity index (χ1v) is 6.02. The Morgan fingerprint density at radius 2 is 1.89 bits per heavy atom. The number of aryl methyl sites for hydroxylation is 1. The average Bonchev–Trinajstić information content (AvgIpc) is 2.41. The molecule has 2 aromatic rings. The highest BCUT2D eigenvalue weighted by Gasteiger charge is 2.06. The topological polar surface area (TPSA) is 26.3 Å². The van der Waals surface area contributed by atoms with E-state index in [1.54, 1.807) is 24.3 Å². The van der Waals surface area contributed by atoms with Crippen LogP contribution >= 0.6 is 11.6 Å². The lowest BCUT2D eigenvalue weighted by molar-refractivity contribution is 0.0921. The normalized spacial score (nSPS) is 10.1. The molecule has 0 spiro atoms. The van der Waals surface area contributed by atoms with Crippen molar-refractivity contribution in [3.63, 3.8) is 0 Å². The van der Waals surface area contributed by atoms with E-state index in [4.69, 9.17) is 16.3 Å². The van der Waals surface area contributed by atoms with Crippen LogP contribution in [0, 0.1) is 6.92 Å². The molecule has 0 aliphatic carbocycles. The molecule has 2 rings (SSSR count). The van der Waals surface area contributed by atoms with Crippen LogP contribution in [0.25, 0.3) is 0 Å². The molecule has 3 heteroatoms. The highest BCUT2D eigenvalue weighted by atomic mass is 35.5. The van der Waals surface area contributed by atoms with Crippen LogP contribution in [0.2, 0.25) is 5.02 Å². The Hall–Kier alpha value is -1.80. The summed E-state index contributed by atoms with van der Waals surface area (Å²) in [6.07, 6.45) is 0. The van der Waals surface area contributed by atoms with Gasteiger partial charge >= 0.3 is 0 Å². The first-order valence-electron chi connectivity index (χ1n) is 5.64. The molecule has 2 aromatic carbocycles. The Morgan fingerprint density at radius 1 is 1.17 bits per heavy atom. The van der Waals surface area contributed by atoms with Crippen LogP contribution in [0.5, 0.6) is 5.75 Å². The minimum Gasteiger partial charge on any atom is -0.485 e. The van der Waals surface area contributed by atoms with E-state index < -0.39 is 0 Å². The number of carbonyl (C=O) groups is 1. The van der Waals surface area contributed by atoms with Crippen LogP contribution < -0.4 is 4.74 Å². The third kappa shape index (κ3) is 3.11. The first kappa shape index (κ1) is 12.7. The van der Waals surface area contributed by atoms with Gasteiger partial charge in [-0.15, -0.1) is 0 Å². The second-order valence-corrected chi connectivity index (χ2v) is 4.40. The van der Waals surface area contributed by atoms with E-state index in [9.17, 15) is 4.79 Å². The monoisotopic (exact) mass is 260 g/mol. The van der Waals surface area contributed by atoms with Gasteiger partial charge in [-0.1, -0.05) is 41.9 Å². The van der Waals surface area contributed by atoms with Gasteiger partial charge in [-0.3, -0.25) is 4.79 Å². The van der Waals surface area contributed by atoms with Crippen molar-refractivity contribution in [2.45, 2.75) is 6.92 Å². The van der Waals surface area contributed by atoms with E-state index in [1.165, 1.54) is 0 Å². The Bertz CT molecular complexity index is 550. The molecule has 0 aromatic heterocycles. The number of carbonyl (C=O) groups excluding carboxylic acids is 1. The van der Waals surface area contributed by atoms with Gasteiger partial charge in [0, 0.05) is 10.6 Å². The van der Waals surface area contributed by atoms with Crippen LogP contribution in [0.3, 0.4) is 0 Å². The van der Waals surface area contributed by atoms with Gasteiger partial charge in [0.15, 0.2) is 12.4 Å². The number of hydrogen-bond acceptors (Lipinski definition) is 2. The average molecular weight is 261 g/mol. The molecular formula is C15H13ClO2. The predicted molar refractivity (Wildman–Crippen MR) is 72.5 cm³/mol. The largest absolute Gasteiger partial charge is 0.485 e. The summed E-state index contributed by atoms with van der Waals surface area (Å²) in [6.45, 7) is 1.93. The summed E-state index contributed by atoms with van der Waals surface area (Å²) >= 11 is 5.92. The van der Waals surface area contributed by atoms with Crippen LogP contribution in [-0.2, 0) is 0 Å². The molecule has 0 aliphatic rings. The zero-order valence-electron chi connectivity index (χ0n) is 10.0. The summed E-state index contributed by atoms with van der Waals surface area (Å²) in [5, 5.41) is 0.691. The molecule has 0 saturated carbocycles. The van der Waals surface area contributed by atoms with Crippen molar-refractivity contribution >= 4 is 17.4 Å². The first-order chi connectivity index (χ1) is 8.66. The zero-order valence-corrected chi connectivity index (χ0v) is 10.8. The minimum atomic E-state index is -0.0387. The fourth-order valence-corrected chi connectivity index (χ4v) is 1.68. The van der Waals surface area contributed by atoms with E-state index in [2.05, 4.69) is 0 Å². The quantitative estimate of drug-likeness (QED) is 0.779. The Labute approximate surface area is 111 Å². The number of ketones is 1. The van der Waals surface area contributed by atoms with Crippen LogP contribution in [0.15, 0.2) is 48.5 Å². The van der Waals surface area contributed by atoms with E-state index in [1.807, 2.05) is 31.2 Å². The van der Waals surface area contributed by atoms with Crippen molar-refractivity contribution in [1.29, 1.82) is 0 Å². The molecule has 0 radical (unpaired) electrons. The van der Waals surface area contributed by atoms with Crippen molar-refractivity contribution in [2.24, 2.45) is 0 Å². The van der Waals surface area contributed by atoms with Crippen molar-refractivity contribution in [3.8, 4) is 5.75 Å². The van der Waals surface area contributed by atoms with Crippen LogP contribution in [-0.4, -0.2) is 12.4 Å². The van der Waals surface area contributed by atoms with Crippen LogP contribution in [0.4, 0.5) is 0 Å². The maximum Gasteiger partial charge on any atom is 0.200 e. The Balaban J connectivity index is 1.99. The molecule has 0 amide bonds. The molecule has 0 unspecified atom stereocenters. The lowest BCUT2D eigenvalue weighted by atomic mass is 10.1. The Morgan fingerprint density at radius 3 is 2.56 bits per heavy atom. The lowest BCUT2D eigenvalue weighted by Gasteiger charge is -2.07. The number of ether oxygens (including phenoxy) is 1. The number of halogens is 1. The lowest BCUT2D eigenvalue weighted by Crippen LogP contribution is -2.11. The van der Waals surface area contributed by atoms with Crippen molar-refractivity contribution in [2.75, 3.05) is 6.61 Å². The van der Waals surface area contributed by atoms with Gasteiger partial charge in [-0.2, -0.15) is 0 Å². The smallest absolute Gasteiger partial charge is 0.200 e. The number of rotatable bonds is 4. The predicted octanol–water partition coefficient (Wildman–Crippen LogP) is 3.91. The SMILES string of the molecule is Cc1cc(OCC(=O)c2ccccc2)ccc1Cl. The molecule has 0 aliphatic heterocycles. The maximum atomic E-state index is 11.8. The summed E-state index contributed by atoms with van der Waals surface area (Å²) in [5.74, 6) is 0.615. The fraction of sp³-hybridized carbons (Fsp3) is 0.133. The van der Waals surface area contributed by atoms with Gasteiger partial charge in [0.05, 0.1) is 0 Å². The van der Waals surface area contributed by atoms with Crippen molar-refractivity contribution < 1.29 is 9.53 Å². The summed E-state index contributed by atoms with van der Waals surface area (Å²) in [4.78, 5) is 11.8. The minimum absolute atomic E-state index is 0.0328. The molecule has 0 atom stereocenters. The van der Waals surface area contributed by atoms with Gasteiger partial charge in [-0.25, -0.2) is 0 Å². The number of hydrogen-bond donors (Lipinski definition) is 0. The zero-order chi connectivity index (χ0) is 13.0. The van der Waals surface area contributed by atoms with Crippen molar-refractivity contribution in [3.05, 3.63) is 64.7 Å². The molecule has 0 bridgehead atoms.